The SMILES string of the molecule is COC(=O)c1ccc(S(=O)(=O)Nc2nc(C)co2)c(N)c1. The normalized spacial score (nSPS) is 11.1. The van der Waals surface area contributed by atoms with Crippen molar-refractivity contribution in [2.24, 2.45) is 0 Å². The molecule has 1 heterocycles. The molecule has 0 bridgehead atoms. The molecule has 0 aliphatic heterocycles. The maximum atomic E-state index is 12.2. The van der Waals surface area contributed by atoms with Crippen LogP contribution in [-0.4, -0.2) is 26.5 Å². The van der Waals surface area contributed by atoms with Crippen LogP contribution in [0.25, 0.3) is 0 Å². The summed E-state index contributed by atoms with van der Waals surface area (Å²) in [6.45, 7) is 1.65. The first-order valence-electron chi connectivity index (χ1n) is 5.76. The summed E-state index contributed by atoms with van der Waals surface area (Å²) >= 11 is 0. The van der Waals surface area contributed by atoms with Crippen LogP contribution < -0.4 is 10.5 Å². The van der Waals surface area contributed by atoms with E-state index in [0.717, 1.165) is 0 Å². The topological polar surface area (TPSA) is 125 Å². The van der Waals surface area contributed by atoms with Gasteiger partial charge in [0.2, 0.25) is 0 Å². The molecule has 0 spiro atoms. The lowest BCUT2D eigenvalue weighted by Crippen LogP contribution is -2.15. The smallest absolute Gasteiger partial charge is 0.337 e. The number of methoxy groups -OCH3 is 1. The summed E-state index contributed by atoms with van der Waals surface area (Å²) in [6, 6.07) is 3.57. The molecule has 0 atom stereocenters. The number of carbonyl (C=O) groups is 1. The summed E-state index contributed by atoms with van der Waals surface area (Å²) in [6.07, 6.45) is 1.31. The molecule has 8 nitrogen and oxygen atoms in total. The Morgan fingerprint density at radius 2 is 2.14 bits per heavy atom. The fourth-order valence-electron chi connectivity index (χ4n) is 1.61. The molecule has 2 rings (SSSR count). The van der Waals surface area contributed by atoms with Gasteiger partial charge in [-0.05, 0) is 25.1 Å². The molecule has 2 aromatic rings. The lowest BCUT2D eigenvalue weighted by Gasteiger charge is -2.08. The second-order valence-electron chi connectivity index (χ2n) is 4.14. The van der Waals surface area contributed by atoms with Crippen LogP contribution in [0.15, 0.2) is 33.8 Å². The summed E-state index contributed by atoms with van der Waals surface area (Å²) in [5.74, 6) is -0.609. The number of hydrogen-bond donors (Lipinski definition) is 2. The van der Waals surface area contributed by atoms with Gasteiger partial charge in [0.15, 0.2) is 0 Å². The minimum atomic E-state index is -3.96. The summed E-state index contributed by atoms with van der Waals surface area (Å²) in [7, 11) is -2.75. The fraction of sp³-hybridized carbons (Fsp3) is 0.167. The average Bonchev–Trinajstić information content (AvgIpc) is 2.81. The predicted octanol–water partition coefficient (Wildman–Crippen LogP) is 1.15. The largest absolute Gasteiger partial charge is 0.465 e. The number of hydrogen-bond acceptors (Lipinski definition) is 7. The van der Waals surface area contributed by atoms with Crippen LogP contribution in [0.4, 0.5) is 11.7 Å². The third-order valence-electron chi connectivity index (χ3n) is 2.56. The Hall–Kier alpha value is -2.55. The number of nitrogens with two attached hydrogens (primary N) is 1. The molecule has 21 heavy (non-hydrogen) atoms. The highest BCUT2D eigenvalue weighted by molar-refractivity contribution is 7.92. The van der Waals surface area contributed by atoms with Crippen molar-refractivity contribution in [3.05, 3.63) is 35.7 Å². The molecule has 0 saturated carbocycles. The van der Waals surface area contributed by atoms with Crippen molar-refractivity contribution in [1.29, 1.82) is 0 Å². The van der Waals surface area contributed by atoms with Crippen LogP contribution in [0, 0.1) is 6.92 Å². The standard InChI is InChI=1S/C12H13N3O5S/c1-7-6-20-12(14-7)15-21(17,18)10-4-3-8(5-9(10)13)11(16)19-2/h3-6H,13H2,1-2H3,(H,14,15). The zero-order valence-corrected chi connectivity index (χ0v) is 12.1. The van der Waals surface area contributed by atoms with E-state index in [1.165, 1.54) is 31.6 Å². The second-order valence-corrected chi connectivity index (χ2v) is 5.79. The van der Waals surface area contributed by atoms with Crippen molar-refractivity contribution in [2.75, 3.05) is 17.6 Å². The van der Waals surface area contributed by atoms with Crippen LogP contribution in [0.3, 0.4) is 0 Å². The molecular weight excluding hydrogens is 298 g/mol. The zero-order chi connectivity index (χ0) is 15.6. The maximum Gasteiger partial charge on any atom is 0.337 e. The first kappa shape index (κ1) is 14.9. The van der Waals surface area contributed by atoms with Crippen LogP contribution in [0.2, 0.25) is 0 Å². The van der Waals surface area contributed by atoms with Gasteiger partial charge in [-0.15, -0.1) is 0 Å². The van der Waals surface area contributed by atoms with Gasteiger partial charge in [-0.3, -0.25) is 0 Å². The number of rotatable bonds is 4. The second kappa shape index (κ2) is 5.44. The number of aromatic nitrogens is 1. The number of sulfonamides is 1. The van der Waals surface area contributed by atoms with E-state index >= 15 is 0 Å². The molecular formula is C12H13N3O5S. The predicted molar refractivity (Wildman–Crippen MR) is 74.2 cm³/mol. The Labute approximate surface area is 121 Å². The zero-order valence-electron chi connectivity index (χ0n) is 11.3. The molecule has 0 aliphatic rings. The van der Waals surface area contributed by atoms with Gasteiger partial charge < -0.3 is 14.9 Å². The minimum Gasteiger partial charge on any atom is -0.465 e. The maximum absolute atomic E-state index is 12.2. The number of nitrogens with zero attached hydrogens (tertiary/aromatic N) is 1. The molecule has 0 aliphatic carbocycles. The van der Waals surface area contributed by atoms with E-state index in [1.807, 2.05) is 0 Å². The molecule has 0 amide bonds. The van der Waals surface area contributed by atoms with E-state index in [-0.39, 0.29) is 22.2 Å². The third-order valence-corrected chi connectivity index (χ3v) is 3.96. The van der Waals surface area contributed by atoms with Gasteiger partial charge in [0.1, 0.15) is 11.2 Å². The van der Waals surface area contributed by atoms with Gasteiger partial charge in [0.05, 0.1) is 24.1 Å². The summed E-state index contributed by atoms with van der Waals surface area (Å²) < 4.78 is 36.0. The van der Waals surface area contributed by atoms with E-state index in [9.17, 15) is 13.2 Å². The Morgan fingerprint density at radius 1 is 1.43 bits per heavy atom. The van der Waals surface area contributed by atoms with E-state index in [0.29, 0.717) is 5.69 Å². The van der Waals surface area contributed by atoms with Crippen molar-refractivity contribution < 1.29 is 22.4 Å². The van der Waals surface area contributed by atoms with Gasteiger partial charge in [-0.2, -0.15) is 4.98 Å². The first-order valence-corrected chi connectivity index (χ1v) is 7.24. The first-order chi connectivity index (χ1) is 9.83. The molecule has 112 valence electrons. The summed E-state index contributed by atoms with van der Waals surface area (Å²) in [5.41, 5.74) is 6.27. The van der Waals surface area contributed by atoms with Crippen molar-refractivity contribution in [2.45, 2.75) is 11.8 Å². The van der Waals surface area contributed by atoms with Crippen LogP contribution in [-0.2, 0) is 14.8 Å². The van der Waals surface area contributed by atoms with Crippen LogP contribution in [0.5, 0.6) is 0 Å². The van der Waals surface area contributed by atoms with Crippen molar-refractivity contribution in [3.8, 4) is 0 Å². The van der Waals surface area contributed by atoms with Gasteiger partial charge in [0, 0.05) is 0 Å². The number of anilines is 2. The number of benzene rings is 1. The van der Waals surface area contributed by atoms with E-state index in [2.05, 4.69) is 14.4 Å². The number of ether oxygens (including phenoxy) is 1. The Kier molecular flexibility index (Phi) is 3.85. The van der Waals surface area contributed by atoms with Crippen molar-refractivity contribution in [3.63, 3.8) is 0 Å². The van der Waals surface area contributed by atoms with Gasteiger partial charge in [-0.1, -0.05) is 0 Å². The van der Waals surface area contributed by atoms with Crippen LogP contribution >= 0.6 is 0 Å². The monoisotopic (exact) mass is 311 g/mol. The lowest BCUT2D eigenvalue weighted by atomic mass is 10.2. The summed E-state index contributed by atoms with van der Waals surface area (Å²) in [5, 5.41) is 0. The Balaban J connectivity index is 2.34. The fourth-order valence-corrected chi connectivity index (χ4v) is 2.66. The number of nitrogens with one attached hydrogen (secondary N) is 1. The number of carbonyl (C=O) groups excluding carboxylic acids is 1. The van der Waals surface area contributed by atoms with Crippen LogP contribution in [0.1, 0.15) is 16.1 Å². The summed E-state index contributed by atoms with van der Waals surface area (Å²) in [4.78, 5) is 15.0. The molecule has 0 radical (unpaired) electrons. The molecule has 0 saturated heterocycles. The Morgan fingerprint density at radius 3 is 2.67 bits per heavy atom. The Bertz CT molecular complexity index is 782. The van der Waals surface area contributed by atoms with Gasteiger partial charge >= 0.3 is 12.0 Å². The molecule has 1 aromatic carbocycles. The number of aryl methyl sites for hydroxylation is 1. The van der Waals surface area contributed by atoms with E-state index in [1.54, 1.807) is 6.92 Å². The van der Waals surface area contributed by atoms with Crippen molar-refractivity contribution >= 4 is 27.7 Å². The molecule has 0 fully saturated rings. The van der Waals surface area contributed by atoms with E-state index in [4.69, 9.17) is 10.2 Å². The third kappa shape index (κ3) is 3.14. The van der Waals surface area contributed by atoms with Crippen molar-refractivity contribution in [1.82, 2.24) is 4.98 Å². The number of nitrogen functional groups attached to an aromatic ring is 1. The lowest BCUT2D eigenvalue weighted by molar-refractivity contribution is 0.0600. The van der Waals surface area contributed by atoms with Gasteiger partial charge in [0.25, 0.3) is 10.0 Å². The molecule has 9 heteroatoms. The average molecular weight is 311 g/mol. The van der Waals surface area contributed by atoms with E-state index < -0.39 is 16.0 Å². The highest BCUT2D eigenvalue weighted by Gasteiger charge is 2.21. The van der Waals surface area contributed by atoms with Gasteiger partial charge in [-0.25, -0.2) is 17.9 Å². The highest BCUT2D eigenvalue weighted by atomic mass is 32.2. The number of oxazole rings is 1. The molecule has 0 unspecified atom stereocenters. The quantitative estimate of drug-likeness (QED) is 0.641. The number of esters is 1. The molecule has 1 aromatic heterocycles. The minimum absolute atomic E-state index is 0.0892. The molecule has 3 N–H and O–H groups in total. The highest BCUT2D eigenvalue weighted by Crippen LogP contribution is 2.22.